The van der Waals surface area contributed by atoms with Crippen LogP contribution < -0.4 is 0 Å². The van der Waals surface area contributed by atoms with E-state index >= 15 is 0 Å². The Balaban J connectivity index is 2.00. The molecule has 0 atom stereocenters. The van der Waals surface area contributed by atoms with Gasteiger partial charge in [0.05, 0.1) is 18.1 Å². The molecule has 1 fully saturated rings. The maximum Gasteiger partial charge on any atom is 0.340 e. The van der Waals surface area contributed by atoms with Gasteiger partial charge in [0.25, 0.3) is 0 Å². The van der Waals surface area contributed by atoms with Crippen molar-refractivity contribution in [1.29, 1.82) is 0 Å². The third-order valence-electron chi connectivity index (χ3n) is 4.15. The van der Waals surface area contributed by atoms with E-state index in [9.17, 15) is 14.0 Å². The lowest BCUT2D eigenvalue weighted by Gasteiger charge is -2.32. The van der Waals surface area contributed by atoms with E-state index in [1.807, 2.05) is 20.8 Å². The van der Waals surface area contributed by atoms with Gasteiger partial charge in [-0.25, -0.2) is 14.0 Å². The summed E-state index contributed by atoms with van der Waals surface area (Å²) in [5.74, 6) is -1.32. The van der Waals surface area contributed by atoms with Gasteiger partial charge in [-0.05, 0) is 57.2 Å². The normalized spacial score (nSPS) is 16.7. The summed E-state index contributed by atoms with van der Waals surface area (Å²) < 4.78 is 18.3. The number of rotatable bonds is 3. The molecule has 24 heavy (non-hydrogen) atoms. The summed E-state index contributed by atoms with van der Waals surface area (Å²) in [6, 6.07) is 4.56. The van der Waals surface area contributed by atoms with Crippen molar-refractivity contribution < 1.29 is 23.6 Å². The zero-order valence-corrected chi connectivity index (χ0v) is 14.6. The van der Waals surface area contributed by atoms with Crippen LogP contribution in [0.25, 0.3) is 0 Å². The highest BCUT2D eigenvalue weighted by molar-refractivity contribution is 5.89. The summed E-state index contributed by atoms with van der Waals surface area (Å²) in [4.78, 5) is 28.9. The number of halogens is 1. The minimum atomic E-state index is -0.675. The van der Waals surface area contributed by atoms with Crippen LogP contribution in [-0.4, -0.2) is 37.2 Å². The van der Waals surface area contributed by atoms with Gasteiger partial charge in [-0.3, -0.25) is 0 Å². The molecule has 1 aliphatic heterocycles. The number of ether oxygens (including phenoxy) is 1. The van der Waals surface area contributed by atoms with Crippen LogP contribution in [0.15, 0.2) is 18.2 Å². The maximum absolute atomic E-state index is 13.7. The lowest BCUT2D eigenvalue weighted by Crippen LogP contribution is -2.38. The highest BCUT2D eigenvalue weighted by Gasteiger charge is 2.29. The standard InChI is InChI=1S/C18H24FNO4/c1-18(2,3)17(22)24-20-9-7-12(8-10-20)13-5-6-15(19)14(11-13)16(21)23-4/h5-6,11-12H,7-10H2,1-4H3. The second-order valence-corrected chi connectivity index (χ2v) is 7.06. The first-order chi connectivity index (χ1) is 11.2. The van der Waals surface area contributed by atoms with Crippen molar-refractivity contribution in [2.75, 3.05) is 20.2 Å². The van der Waals surface area contributed by atoms with Crippen LogP contribution in [0.3, 0.4) is 0 Å². The molecule has 0 spiro atoms. The number of hydroxylamine groups is 2. The number of methoxy groups -OCH3 is 1. The molecular formula is C18H24FNO4. The van der Waals surface area contributed by atoms with Crippen molar-refractivity contribution in [3.63, 3.8) is 0 Å². The fourth-order valence-corrected chi connectivity index (χ4v) is 2.60. The molecule has 1 aliphatic rings. The maximum atomic E-state index is 13.7. The SMILES string of the molecule is COC(=O)c1cc(C2CCN(OC(=O)C(C)(C)C)CC2)ccc1F. The van der Waals surface area contributed by atoms with Crippen molar-refractivity contribution in [3.05, 3.63) is 35.1 Å². The number of carbonyl (C=O) groups excluding carboxylic acids is 2. The largest absolute Gasteiger partial charge is 0.465 e. The van der Waals surface area contributed by atoms with Gasteiger partial charge in [-0.1, -0.05) is 6.07 Å². The summed E-state index contributed by atoms with van der Waals surface area (Å²) in [5, 5.41) is 1.68. The fraction of sp³-hybridized carbons (Fsp3) is 0.556. The number of benzene rings is 1. The molecular weight excluding hydrogens is 313 g/mol. The average molecular weight is 337 g/mol. The van der Waals surface area contributed by atoms with Crippen LogP contribution in [0.4, 0.5) is 4.39 Å². The Morgan fingerprint density at radius 2 is 1.83 bits per heavy atom. The molecule has 0 aromatic heterocycles. The molecule has 0 bridgehead atoms. The molecule has 0 saturated carbocycles. The van der Waals surface area contributed by atoms with E-state index in [4.69, 9.17) is 4.84 Å². The van der Waals surface area contributed by atoms with Gasteiger partial charge in [0.1, 0.15) is 5.82 Å². The summed E-state index contributed by atoms with van der Waals surface area (Å²) in [7, 11) is 1.23. The zero-order chi connectivity index (χ0) is 17.9. The molecule has 0 N–H and O–H groups in total. The molecule has 5 nitrogen and oxygen atoms in total. The molecule has 132 valence electrons. The van der Waals surface area contributed by atoms with Crippen molar-refractivity contribution >= 4 is 11.9 Å². The number of nitrogens with zero attached hydrogens (tertiary/aromatic N) is 1. The van der Waals surface area contributed by atoms with Crippen LogP contribution in [-0.2, 0) is 14.4 Å². The van der Waals surface area contributed by atoms with Crippen molar-refractivity contribution in [2.45, 2.75) is 39.5 Å². The molecule has 6 heteroatoms. The molecule has 0 radical (unpaired) electrons. The molecule has 0 aliphatic carbocycles. The van der Waals surface area contributed by atoms with Crippen molar-refractivity contribution in [3.8, 4) is 0 Å². The third-order valence-corrected chi connectivity index (χ3v) is 4.15. The van der Waals surface area contributed by atoms with E-state index in [1.54, 1.807) is 17.2 Å². The number of piperidine rings is 1. The third kappa shape index (κ3) is 4.32. The van der Waals surface area contributed by atoms with Gasteiger partial charge in [0.2, 0.25) is 0 Å². The minimum Gasteiger partial charge on any atom is -0.465 e. The van der Waals surface area contributed by atoms with Crippen LogP contribution in [0.5, 0.6) is 0 Å². The summed E-state index contributed by atoms with van der Waals surface area (Å²) in [6.45, 7) is 6.66. The van der Waals surface area contributed by atoms with Gasteiger partial charge in [-0.15, -0.1) is 5.06 Å². The van der Waals surface area contributed by atoms with Gasteiger partial charge in [-0.2, -0.15) is 0 Å². The molecule has 1 saturated heterocycles. The number of hydrogen-bond donors (Lipinski definition) is 0. The number of hydrogen-bond acceptors (Lipinski definition) is 5. The average Bonchev–Trinajstić information content (AvgIpc) is 2.54. The summed E-state index contributed by atoms with van der Waals surface area (Å²) in [6.07, 6.45) is 1.54. The molecule has 0 amide bonds. The number of carbonyl (C=O) groups is 2. The van der Waals surface area contributed by atoms with E-state index in [-0.39, 0.29) is 17.5 Å². The van der Waals surface area contributed by atoms with Gasteiger partial charge in [0.15, 0.2) is 0 Å². The predicted octanol–water partition coefficient (Wildman–Crippen LogP) is 3.30. The molecule has 2 rings (SSSR count). The Morgan fingerprint density at radius 3 is 2.38 bits per heavy atom. The van der Waals surface area contributed by atoms with Crippen molar-refractivity contribution in [1.82, 2.24) is 5.06 Å². The van der Waals surface area contributed by atoms with Crippen LogP contribution >= 0.6 is 0 Å². The fourth-order valence-electron chi connectivity index (χ4n) is 2.60. The minimum absolute atomic E-state index is 0.0448. The highest BCUT2D eigenvalue weighted by Crippen LogP contribution is 2.30. The highest BCUT2D eigenvalue weighted by atomic mass is 19.1. The molecule has 0 unspecified atom stereocenters. The molecule has 1 heterocycles. The van der Waals surface area contributed by atoms with E-state index < -0.39 is 17.2 Å². The van der Waals surface area contributed by atoms with E-state index in [0.717, 1.165) is 18.4 Å². The number of esters is 1. The Hall–Kier alpha value is -1.95. The van der Waals surface area contributed by atoms with E-state index in [0.29, 0.717) is 13.1 Å². The Kier molecular flexibility index (Phi) is 5.59. The van der Waals surface area contributed by atoms with E-state index in [2.05, 4.69) is 4.74 Å². The van der Waals surface area contributed by atoms with Gasteiger partial charge in [0, 0.05) is 13.1 Å². The topological polar surface area (TPSA) is 55.8 Å². The Morgan fingerprint density at radius 1 is 1.21 bits per heavy atom. The molecule has 1 aromatic carbocycles. The van der Waals surface area contributed by atoms with Gasteiger partial charge < -0.3 is 9.57 Å². The second kappa shape index (κ2) is 7.30. The second-order valence-electron chi connectivity index (χ2n) is 7.06. The smallest absolute Gasteiger partial charge is 0.340 e. The monoisotopic (exact) mass is 337 g/mol. The molecule has 1 aromatic rings. The Labute approximate surface area is 141 Å². The van der Waals surface area contributed by atoms with E-state index in [1.165, 1.54) is 13.2 Å². The predicted molar refractivity (Wildman–Crippen MR) is 86.8 cm³/mol. The lowest BCUT2D eigenvalue weighted by atomic mass is 9.89. The summed E-state index contributed by atoms with van der Waals surface area (Å²) in [5.41, 5.74) is 0.318. The van der Waals surface area contributed by atoms with Gasteiger partial charge >= 0.3 is 11.9 Å². The Bertz CT molecular complexity index is 616. The summed E-state index contributed by atoms with van der Waals surface area (Å²) >= 11 is 0. The first-order valence-corrected chi connectivity index (χ1v) is 8.07. The first-order valence-electron chi connectivity index (χ1n) is 8.07. The van der Waals surface area contributed by atoms with Crippen molar-refractivity contribution in [2.24, 2.45) is 5.41 Å². The lowest BCUT2D eigenvalue weighted by molar-refractivity contribution is -0.204. The zero-order valence-electron chi connectivity index (χ0n) is 14.6. The quantitative estimate of drug-likeness (QED) is 0.792. The van der Waals surface area contributed by atoms with Crippen LogP contribution in [0, 0.1) is 11.2 Å². The first kappa shape index (κ1) is 18.4. The van der Waals surface area contributed by atoms with Crippen LogP contribution in [0.2, 0.25) is 0 Å². The van der Waals surface area contributed by atoms with Crippen LogP contribution in [0.1, 0.15) is 55.5 Å².